The third kappa shape index (κ3) is 5.70. The smallest absolute Gasteiger partial charge is 0.296 e. The second-order valence-corrected chi connectivity index (χ2v) is 14.7. The largest absolute Gasteiger partial charge is 0.406 e. The summed E-state index contributed by atoms with van der Waals surface area (Å²) in [5.41, 5.74) is 2.17. The molecule has 2 heterocycles. The number of nitrogens with one attached hydrogen (secondary N) is 2. The Balaban J connectivity index is 1.54. The van der Waals surface area contributed by atoms with Crippen molar-refractivity contribution >= 4 is 31.9 Å². The summed E-state index contributed by atoms with van der Waals surface area (Å²) in [6.45, 7) is 11.5. The lowest BCUT2D eigenvalue weighted by atomic mass is 10.0. The fourth-order valence-corrected chi connectivity index (χ4v) is 4.38. The highest BCUT2D eigenvalue weighted by atomic mass is 28.4. The van der Waals surface area contributed by atoms with Crippen molar-refractivity contribution in [3.05, 3.63) is 34.9 Å². The number of nitrogens with zero attached hydrogens (tertiary/aromatic N) is 1. The van der Waals surface area contributed by atoms with Gasteiger partial charge in [-0.25, -0.2) is 0 Å². The number of imide groups is 1. The Kier molecular flexibility index (Phi) is 7.10. The van der Waals surface area contributed by atoms with Gasteiger partial charge in [0, 0.05) is 25.1 Å². The van der Waals surface area contributed by atoms with Gasteiger partial charge in [0.25, 0.3) is 11.8 Å². The molecular weight excluding hydrogens is 438 g/mol. The van der Waals surface area contributed by atoms with Gasteiger partial charge >= 0.3 is 0 Å². The van der Waals surface area contributed by atoms with E-state index in [2.05, 4.69) is 56.3 Å². The van der Waals surface area contributed by atoms with Gasteiger partial charge in [-0.1, -0.05) is 38.8 Å². The topological polar surface area (TPSA) is 105 Å². The van der Waals surface area contributed by atoms with Gasteiger partial charge in [-0.05, 0) is 47.7 Å². The van der Waals surface area contributed by atoms with Crippen LogP contribution in [-0.2, 0) is 31.9 Å². The number of fused-ring (bicyclic) bond motifs is 1. The zero-order valence-corrected chi connectivity index (χ0v) is 20.8. The zero-order valence-electron chi connectivity index (χ0n) is 19.8. The maximum atomic E-state index is 12.7. The Bertz CT molecular complexity index is 1050. The first kappa shape index (κ1) is 24.7. The molecule has 176 valence electrons. The van der Waals surface area contributed by atoms with Crippen molar-refractivity contribution in [3.8, 4) is 11.8 Å². The van der Waals surface area contributed by atoms with Gasteiger partial charge in [-0.2, -0.15) is 0 Å². The van der Waals surface area contributed by atoms with E-state index in [9.17, 15) is 19.2 Å². The van der Waals surface area contributed by atoms with E-state index < -0.39 is 26.2 Å². The zero-order chi connectivity index (χ0) is 24.4. The average Bonchev–Trinajstić information content (AvgIpc) is 3.04. The lowest BCUT2D eigenvalue weighted by molar-refractivity contribution is -0.137. The Labute approximate surface area is 195 Å². The van der Waals surface area contributed by atoms with E-state index in [1.807, 2.05) is 6.07 Å². The van der Waals surface area contributed by atoms with Gasteiger partial charge in [0.05, 0.1) is 6.61 Å². The Hall–Kier alpha value is -2.96. The molecule has 9 heteroatoms. The molecular formula is C24H31N3O5Si. The first-order valence-electron chi connectivity index (χ1n) is 11.1. The van der Waals surface area contributed by atoms with Gasteiger partial charge in [0.2, 0.25) is 11.8 Å². The highest BCUT2D eigenvalue weighted by Gasteiger charge is 2.39. The van der Waals surface area contributed by atoms with Crippen molar-refractivity contribution in [2.24, 2.45) is 0 Å². The van der Waals surface area contributed by atoms with Crippen molar-refractivity contribution in [2.45, 2.75) is 70.9 Å². The van der Waals surface area contributed by atoms with E-state index >= 15 is 0 Å². The highest BCUT2D eigenvalue weighted by molar-refractivity contribution is 6.74. The van der Waals surface area contributed by atoms with Gasteiger partial charge < -0.3 is 14.6 Å². The van der Waals surface area contributed by atoms with Crippen molar-refractivity contribution in [1.82, 2.24) is 15.5 Å². The van der Waals surface area contributed by atoms with Crippen LogP contribution in [0.4, 0.5) is 0 Å². The van der Waals surface area contributed by atoms with Crippen LogP contribution in [0.2, 0.25) is 18.1 Å². The number of amides is 4. The maximum absolute atomic E-state index is 12.7. The minimum absolute atomic E-state index is 0.0830. The van der Waals surface area contributed by atoms with Crippen LogP contribution in [0.5, 0.6) is 0 Å². The third-order valence-electron chi connectivity index (χ3n) is 6.55. The summed E-state index contributed by atoms with van der Waals surface area (Å²) in [6.07, 6.45) is 0.543. The summed E-state index contributed by atoms with van der Waals surface area (Å²) in [4.78, 5) is 49.9. The molecule has 3 rings (SSSR count). The maximum Gasteiger partial charge on any atom is 0.296 e. The van der Waals surface area contributed by atoms with E-state index in [0.717, 1.165) is 11.1 Å². The molecule has 33 heavy (non-hydrogen) atoms. The molecule has 1 aromatic carbocycles. The number of rotatable bonds is 5. The van der Waals surface area contributed by atoms with Crippen LogP contribution < -0.4 is 10.6 Å². The fraction of sp³-hybridized carbons (Fsp3) is 0.500. The predicted octanol–water partition coefficient (Wildman–Crippen LogP) is 2.09. The lowest BCUT2D eigenvalue weighted by Gasteiger charge is -2.35. The number of carbonyl (C=O) groups excluding carboxylic acids is 4. The minimum Gasteiger partial charge on any atom is -0.406 e. The molecule has 0 bridgehead atoms. The predicted molar refractivity (Wildman–Crippen MR) is 125 cm³/mol. The van der Waals surface area contributed by atoms with Crippen molar-refractivity contribution in [2.75, 3.05) is 6.61 Å². The molecule has 0 spiro atoms. The molecule has 1 unspecified atom stereocenters. The molecule has 2 N–H and O–H groups in total. The van der Waals surface area contributed by atoms with Crippen LogP contribution in [0, 0.1) is 11.8 Å². The monoisotopic (exact) mass is 469 g/mol. The summed E-state index contributed by atoms with van der Waals surface area (Å²) >= 11 is 0. The quantitative estimate of drug-likeness (QED) is 0.390. The molecule has 8 nitrogen and oxygen atoms in total. The van der Waals surface area contributed by atoms with Crippen LogP contribution in [0.1, 0.15) is 55.1 Å². The normalized spacial score (nSPS) is 18.4. The van der Waals surface area contributed by atoms with Gasteiger partial charge in [-0.3, -0.25) is 24.5 Å². The van der Waals surface area contributed by atoms with Gasteiger partial charge in [-0.15, -0.1) is 0 Å². The van der Waals surface area contributed by atoms with E-state index in [0.29, 0.717) is 18.5 Å². The molecule has 1 atom stereocenters. The highest BCUT2D eigenvalue weighted by Crippen LogP contribution is 2.36. The molecule has 0 aliphatic carbocycles. The third-order valence-corrected chi connectivity index (χ3v) is 11.0. The van der Waals surface area contributed by atoms with Crippen molar-refractivity contribution in [1.29, 1.82) is 0 Å². The van der Waals surface area contributed by atoms with Crippen LogP contribution in [-0.4, -0.2) is 49.5 Å². The standard InChI is InChI=1S/C24H31N3O5Si/c1-24(2,3)33(4,5)32-12-6-7-20(28)25-14-16-8-9-18-17(13-16)15-27(23(18)31)19-10-11-21(29)26-22(19)30/h8-9,13,19H,10-12,14-15H2,1-5H3,(H,25,28)(H,26,29,30). The summed E-state index contributed by atoms with van der Waals surface area (Å²) in [5.74, 6) is 3.98. The van der Waals surface area contributed by atoms with E-state index in [1.165, 1.54) is 4.90 Å². The minimum atomic E-state index is -1.90. The van der Waals surface area contributed by atoms with E-state index in [-0.39, 0.29) is 36.4 Å². The fourth-order valence-electron chi connectivity index (χ4n) is 3.51. The second-order valence-electron chi connectivity index (χ2n) is 9.92. The number of hydrogen-bond donors (Lipinski definition) is 2. The van der Waals surface area contributed by atoms with Crippen LogP contribution in [0.25, 0.3) is 0 Å². The summed E-state index contributed by atoms with van der Waals surface area (Å²) < 4.78 is 5.94. The summed E-state index contributed by atoms with van der Waals surface area (Å²) in [6, 6.07) is 4.70. The molecule has 0 aromatic heterocycles. The number of benzene rings is 1. The van der Waals surface area contributed by atoms with E-state index in [1.54, 1.807) is 12.1 Å². The SMILES string of the molecule is CC(C)(C)[Si](C)(C)OCC#CC(=O)NCc1ccc2c(c1)CN(C1CCC(=O)NC1=O)C2=O. The van der Waals surface area contributed by atoms with E-state index in [4.69, 9.17) is 4.43 Å². The Morgan fingerprint density at radius 1 is 1.27 bits per heavy atom. The number of piperidine rings is 1. The van der Waals surface area contributed by atoms with Crippen molar-refractivity contribution in [3.63, 3.8) is 0 Å². The molecule has 2 aliphatic heterocycles. The molecule has 4 amide bonds. The first-order valence-corrected chi connectivity index (χ1v) is 14.0. The summed E-state index contributed by atoms with van der Waals surface area (Å²) in [5, 5.41) is 5.14. The number of hydrogen-bond acceptors (Lipinski definition) is 5. The molecule has 1 fully saturated rings. The molecule has 1 saturated heterocycles. The lowest BCUT2D eigenvalue weighted by Crippen LogP contribution is -2.52. The Morgan fingerprint density at radius 3 is 2.67 bits per heavy atom. The van der Waals surface area contributed by atoms with Crippen molar-refractivity contribution < 1.29 is 23.6 Å². The molecule has 1 aromatic rings. The molecule has 0 radical (unpaired) electrons. The van der Waals surface area contributed by atoms with Crippen LogP contribution in [0.3, 0.4) is 0 Å². The van der Waals surface area contributed by atoms with Gasteiger partial charge in [0.15, 0.2) is 8.32 Å². The first-order chi connectivity index (χ1) is 15.4. The van der Waals surface area contributed by atoms with Gasteiger partial charge in [0.1, 0.15) is 6.04 Å². The molecule has 2 aliphatic rings. The van der Waals surface area contributed by atoms with Crippen LogP contribution in [0.15, 0.2) is 18.2 Å². The Morgan fingerprint density at radius 2 is 2.00 bits per heavy atom. The average molecular weight is 470 g/mol. The number of carbonyl (C=O) groups is 4. The molecule has 0 saturated carbocycles. The summed E-state index contributed by atoms with van der Waals surface area (Å²) in [7, 11) is -1.90. The van der Waals surface area contributed by atoms with Crippen LogP contribution >= 0.6 is 0 Å². The second kappa shape index (κ2) is 9.49.